The molecule has 0 unspecified atom stereocenters. The van der Waals surface area contributed by atoms with Gasteiger partial charge in [0.25, 0.3) is 5.24 Å². The molecule has 0 bridgehead atoms. The van der Waals surface area contributed by atoms with E-state index in [2.05, 4.69) is 22.6 Å². The van der Waals surface area contributed by atoms with Gasteiger partial charge in [-0.2, -0.15) is 0 Å². The van der Waals surface area contributed by atoms with E-state index in [4.69, 9.17) is 23.2 Å². The van der Waals surface area contributed by atoms with Crippen LogP contribution in [0.4, 0.5) is 0 Å². The van der Waals surface area contributed by atoms with Gasteiger partial charge in [0.2, 0.25) is 0 Å². The third kappa shape index (κ3) is 2.32. The van der Waals surface area contributed by atoms with Gasteiger partial charge in [-0.25, -0.2) is 0 Å². The van der Waals surface area contributed by atoms with Crippen molar-refractivity contribution in [1.29, 1.82) is 0 Å². The molecule has 0 saturated carbocycles. The van der Waals surface area contributed by atoms with E-state index in [0.29, 0.717) is 10.6 Å². The van der Waals surface area contributed by atoms with Crippen LogP contribution in [0.25, 0.3) is 0 Å². The standard InChI is InChI=1S/C7H3Cl2IO/c8-5-3-4(7(9)11)1-2-6(5)10/h1-3H. The highest BCUT2D eigenvalue weighted by Crippen LogP contribution is 2.20. The first kappa shape index (κ1) is 9.29. The molecule has 1 nitrogen and oxygen atoms in total. The van der Waals surface area contributed by atoms with E-state index in [0.717, 1.165) is 3.57 Å². The topological polar surface area (TPSA) is 17.1 Å². The summed E-state index contributed by atoms with van der Waals surface area (Å²) in [6.45, 7) is 0. The normalized spacial score (nSPS) is 9.73. The Morgan fingerprint density at radius 2 is 2.09 bits per heavy atom. The predicted octanol–water partition coefficient (Wildman–Crippen LogP) is 3.32. The van der Waals surface area contributed by atoms with E-state index in [1.165, 1.54) is 0 Å². The van der Waals surface area contributed by atoms with Gasteiger partial charge in [-0.1, -0.05) is 11.6 Å². The maximum Gasteiger partial charge on any atom is 0.252 e. The van der Waals surface area contributed by atoms with Crippen molar-refractivity contribution in [3.63, 3.8) is 0 Å². The number of benzene rings is 1. The molecule has 1 aromatic carbocycles. The van der Waals surface area contributed by atoms with E-state index < -0.39 is 5.24 Å². The van der Waals surface area contributed by atoms with Crippen molar-refractivity contribution in [3.8, 4) is 0 Å². The molecule has 0 aliphatic rings. The molecule has 0 aromatic heterocycles. The van der Waals surface area contributed by atoms with E-state index in [1.807, 2.05) is 0 Å². The summed E-state index contributed by atoms with van der Waals surface area (Å²) < 4.78 is 0.908. The Labute approximate surface area is 87.8 Å². The van der Waals surface area contributed by atoms with Gasteiger partial charge >= 0.3 is 0 Å². The summed E-state index contributed by atoms with van der Waals surface area (Å²) in [6, 6.07) is 4.94. The van der Waals surface area contributed by atoms with Gasteiger partial charge in [-0.15, -0.1) is 0 Å². The summed E-state index contributed by atoms with van der Waals surface area (Å²) >= 11 is 13.0. The molecule has 1 rings (SSSR count). The highest BCUT2D eigenvalue weighted by atomic mass is 127. The van der Waals surface area contributed by atoms with Crippen LogP contribution in [0.3, 0.4) is 0 Å². The minimum Gasteiger partial charge on any atom is -0.276 e. The average Bonchev–Trinajstić information content (AvgIpc) is 1.94. The summed E-state index contributed by atoms with van der Waals surface area (Å²) in [5, 5.41) is 0.0698. The van der Waals surface area contributed by atoms with Crippen molar-refractivity contribution < 1.29 is 4.79 Å². The van der Waals surface area contributed by atoms with Crippen molar-refractivity contribution in [3.05, 3.63) is 32.4 Å². The molecule has 0 radical (unpaired) electrons. The smallest absolute Gasteiger partial charge is 0.252 e. The lowest BCUT2D eigenvalue weighted by Crippen LogP contribution is -1.88. The van der Waals surface area contributed by atoms with Crippen molar-refractivity contribution in [2.75, 3.05) is 0 Å². The number of hydrogen-bond acceptors (Lipinski definition) is 1. The molecular weight excluding hydrogens is 298 g/mol. The zero-order chi connectivity index (χ0) is 8.43. The van der Waals surface area contributed by atoms with Crippen molar-refractivity contribution >= 4 is 51.0 Å². The quantitative estimate of drug-likeness (QED) is 0.574. The van der Waals surface area contributed by atoms with Crippen LogP contribution in [0.15, 0.2) is 18.2 Å². The van der Waals surface area contributed by atoms with Gasteiger partial charge in [0, 0.05) is 9.13 Å². The van der Waals surface area contributed by atoms with Crippen LogP contribution in [-0.4, -0.2) is 5.24 Å². The molecule has 0 heterocycles. The lowest BCUT2D eigenvalue weighted by Gasteiger charge is -1.96. The first-order valence-corrected chi connectivity index (χ1v) is 4.59. The van der Waals surface area contributed by atoms with Gasteiger partial charge in [0.1, 0.15) is 0 Å². The lowest BCUT2D eigenvalue weighted by molar-refractivity contribution is 0.108. The third-order valence-electron chi connectivity index (χ3n) is 1.15. The average molecular weight is 301 g/mol. The van der Waals surface area contributed by atoms with E-state index in [1.54, 1.807) is 18.2 Å². The molecule has 0 aliphatic heterocycles. The predicted molar refractivity (Wildman–Crippen MR) is 54.4 cm³/mol. The minimum absolute atomic E-state index is 0.428. The highest BCUT2D eigenvalue weighted by molar-refractivity contribution is 14.1. The van der Waals surface area contributed by atoms with Gasteiger partial charge in [-0.05, 0) is 52.4 Å². The Kier molecular flexibility index (Phi) is 3.16. The number of halogens is 3. The summed E-state index contributed by atoms with van der Waals surface area (Å²) in [5.74, 6) is 0. The summed E-state index contributed by atoms with van der Waals surface area (Å²) in [5.41, 5.74) is 0.428. The summed E-state index contributed by atoms with van der Waals surface area (Å²) in [6.07, 6.45) is 0. The Bertz CT molecular complexity index is 298. The fourth-order valence-corrected chi connectivity index (χ4v) is 1.25. The molecule has 58 valence electrons. The lowest BCUT2D eigenvalue weighted by atomic mass is 10.2. The van der Waals surface area contributed by atoms with Crippen molar-refractivity contribution in [2.24, 2.45) is 0 Å². The number of carbonyl (C=O) groups is 1. The molecular formula is C7H3Cl2IO. The first-order valence-electron chi connectivity index (χ1n) is 2.76. The Morgan fingerprint density at radius 1 is 1.45 bits per heavy atom. The third-order valence-corrected chi connectivity index (χ3v) is 2.94. The SMILES string of the molecule is O=C(Cl)c1ccc(I)c(Cl)c1. The Morgan fingerprint density at radius 3 is 2.55 bits per heavy atom. The van der Waals surface area contributed by atoms with E-state index in [-0.39, 0.29) is 0 Å². The van der Waals surface area contributed by atoms with E-state index >= 15 is 0 Å². The number of hydrogen-bond donors (Lipinski definition) is 0. The molecule has 0 fully saturated rings. The Balaban J connectivity index is 3.15. The van der Waals surface area contributed by atoms with Crippen LogP contribution >= 0.6 is 45.8 Å². The van der Waals surface area contributed by atoms with Crippen LogP contribution in [-0.2, 0) is 0 Å². The van der Waals surface area contributed by atoms with Crippen molar-refractivity contribution in [1.82, 2.24) is 0 Å². The van der Waals surface area contributed by atoms with Crippen LogP contribution in [0.2, 0.25) is 5.02 Å². The molecule has 0 aliphatic carbocycles. The maximum atomic E-state index is 10.6. The monoisotopic (exact) mass is 300 g/mol. The fourth-order valence-electron chi connectivity index (χ4n) is 0.618. The second kappa shape index (κ2) is 3.74. The molecule has 1 aromatic rings. The van der Waals surface area contributed by atoms with Crippen molar-refractivity contribution in [2.45, 2.75) is 0 Å². The number of carbonyl (C=O) groups excluding carboxylic acids is 1. The van der Waals surface area contributed by atoms with Crippen LogP contribution < -0.4 is 0 Å². The Hall–Kier alpha value is 0.200. The second-order valence-corrected chi connectivity index (χ2v) is 3.82. The molecule has 0 amide bonds. The van der Waals surface area contributed by atoms with Gasteiger partial charge < -0.3 is 0 Å². The molecule has 11 heavy (non-hydrogen) atoms. The minimum atomic E-state index is -0.483. The van der Waals surface area contributed by atoms with Gasteiger partial charge in [-0.3, -0.25) is 4.79 Å². The van der Waals surface area contributed by atoms with Gasteiger partial charge in [0.05, 0.1) is 5.02 Å². The molecule has 0 atom stereocenters. The molecule has 0 saturated heterocycles. The van der Waals surface area contributed by atoms with Crippen LogP contribution in [0, 0.1) is 3.57 Å². The molecule has 0 N–H and O–H groups in total. The first-order chi connectivity index (χ1) is 5.11. The van der Waals surface area contributed by atoms with Crippen LogP contribution in [0.1, 0.15) is 10.4 Å². The maximum absolute atomic E-state index is 10.6. The summed E-state index contributed by atoms with van der Waals surface area (Å²) in [4.78, 5) is 10.6. The molecule has 0 spiro atoms. The van der Waals surface area contributed by atoms with Gasteiger partial charge in [0.15, 0.2) is 0 Å². The van der Waals surface area contributed by atoms with Crippen LogP contribution in [0.5, 0.6) is 0 Å². The number of rotatable bonds is 1. The summed E-state index contributed by atoms with van der Waals surface area (Å²) in [7, 11) is 0. The fraction of sp³-hybridized carbons (Fsp3) is 0. The second-order valence-electron chi connectivity index (χ2n) is 1.90. The molecule has 4 heteroatoms. The largest absolute Gasteiger partial charge is 0.276 e. The van der Waals surface area contributed by atoms with E-state index in [9.17, 15) is 4.79 Å². The highest BCUT2D eigenvalue weighted by Gasteiger charge is 2.03. The zero-order valence-corrected chi connectivity index (χ0v) is 8.94. The zero-order valence-electron chi connectivity index (χ0n) is 5.27.